The van der Waals surface area contributed by atoms with E-state index in [2.05, 4.69) is 46.6 Å². The maximum Gasteiger partial charge on any atom is 0.311 e. The van der Waals surface area contributed by atoms with Crippen LogP contribution in [-0.2, 0) is 25.7 Å². The van der Waals surface area contributed by atoms with E-state index < -0.39 is 6.10 Å². The number of carbonyl (C=O) groups is 2. The smallest absolute Gasteiger partial charge is 0.311 e. The Balaban J connectivity index is 1.12. The third-order valence-electron chi connectivity index (χ3n) is 8.83. The van der Waals surface area contributed by atoms with Gasteiger partial charge in [0.05, 0.1) is 39.1 Å². The lowest BCUT2D eigenvalue weighted by Gasteiger charge is -2.38. The van der Waals surface area contributed by atoms with Gasteiger partial charge in [0.2, 0.25) is 5.91 Å². The summed E-state index contributed by atoms with van der Waals surface area (Å²) in [4.78, 5) is 25.9. The van der Waals surface area contributed by atoms with Crippen molar-refractivity contribution in [3.8, 4) is 22.6 Å². The zero-order valence-electron chi connectivity index (χ0n) is 27.3. The van der Waals surface area contributed by atoms with Crippen LogP contribution in [0, 0.1) is 5.92 Å². The van der Waals surface area contributed by atoms with Crippen LogP contribution < -0.4 is 14.8 Å². The minimum atomic E-state index is -0.454. The van der Waals surface area contributed by atoms with E-state index in [0.717, 1.165) is 48.4 Å². The second-order valence-electron chi connectivity index (χ2n) is 12.2. The Morgan fingerprint density at radius 2 is 1.70 bits per heavy atom. The normalized spacial score (nSPS) is 21.5. The third-order valence-corrected chi connectivity index (χ3v) is 8.83. The van der Waals surface area contributed by atoms with Crippen LogP contribution in [0.3, 0.4) is 0 Å². The van der Waals surface area contributed by atoms with Crippen LogP contribution in [0.4, 0.5) is 5.69 Å². The number of amides is 1. The van der Waals surface area contributed by atoms with Crippen LogP contribution >= 0.6 is 0 Å². The molecular weight excluding hydrogens is 596 g/mol. The molecule has 1 saturated heterocycles. The number of anilines is 1. The van der Waals surface area contributed by atoms with Gasteiger partial charge in [-0.3, -0.25) is 14.5 Å². The number of allylic oxidation sites excluding steroid dienone is 2. The molecule has 3 aromatic carbocycles. The summed E-state index contributed by atoms with van der Waals surface area (Å²) in [6.07, 6.45) is 6.78. The number of nitrogens with zero attached hydrogens (tertiary/aromatic N) is 1. The molecule has 1 aliphatic heterocycles. The number of aliphatic hydroxyl groups excluding tert-OH is 1. The van der Waals surface area contributed by atoms with E-state index in [4.69, 9.17) is 18.9 Å². The van der Waals surface area contributed by atoms with Gasteiger partial charge in [0.15, 0.2) is 0 Å². The Morgan fingerprint density at radius 1 is 0.957 bits per heavy atom. The largest absolute Gasteiger partial charge is 0.497 e. The van der Waals surface area contributed by atoms with Gasteiger partial charge < -0.3 is 29.4 Å². The maximum atomic E-state index is 12.3. The lowest BCUT2D eigenvalue weighted by Crippen LogP contribution is -2.50. The van der Waals surface area contributed by atoms with Crippen LogP contribution in [0.5, 0.6) is 11.5 Å². The Morgan fingerprint density at radius 3 is 2.43 bits per heavy atom. The molecule has 1 heterocycles. The fraction of sp³-hybridized carbons (Fsp3) is 0.421. The highest BCUT2D eigenvalue weighted by atomic mass is 16.5. The summed E-state index contributed by atoms with van der Waals surface area (Å²) >= 11 is 0. The fourth-order valence-electron chi connectivity index (χ4n) is 6.51. The molecule has 9 heteroatoms. The summed E-state index contributed by atoms with van der Waals surface area (Å²) in [5.41, 5.74) is 3.96. The first-order valence-corrected chi connectivity index (χ1v) is 16.5. The van der Waals surface area contributed by atoms with Crippen molar-refractivity contribution in [2.24, 2.45) is 5.92 Å². The lowest BCUT2D eigenvalue weighted by atomic mass is 9.93. The first-order chi connectivity index (χ1) is 22.9. The van der Waals surface area contributed by atoms with Crippen LogP contribution in [0.15, 0.2) is 84.9 Å². The van der Waals surface area contributed by atoms with Gasteiger partial charge in [0.25, 0.3) is 0 Å². The number of nitrogens with one attached hydrogen (secondary N) is 1. The Kier molecular flexibility index (Phi) is 12.6. The number of ether oxygens (including phenoxy) is 4. The molecule has 250 valence electrons. The first kappa shape index (κ1) is 34.3. The maximum absolute atomic E-state index is 12.3. The molecule has 2 fully saturated rings. The molecule has 1 amide bonds. The predicted octanol–water partition coefficient (Wildman–Crippen LogP) is 6.01. The molecule has 5 rings (SSSR count). The highest BCUT2D eigenvalue weighted by Gasteiger charge is 2.45. The van der Waals surface area contributed by atoms with E-state index in [-0.39, 0.29) is 36.4 Å². The molecule has 1 aliphatic carbocycles. The van der Waals surface area contributed by atoms with E-state index in [0.29, 0.717) is 44.1 Å². The van der Waals surface area contributed by atoms with Crippen molar-refractivity contribution in [2.75, 3.05) is 38.7 Å². The standard InChI is InChI=1S/C38H46N2O7/c1-27(41)39-31-16-18-32(19-17-31)47-37(43)11-6-4-3-5-10-34-36(25-35(42)38(34)40-20-22-45-23-21-40)46-26-28-12-14-29(15-13-28)30-8-7-9-33(24-30)44-2/h3-4,7-9,12-19,24,34-36,38,42H,5-6,10-11,20-23,25-26H2,1-2H3,(H,39,41)/b4-3-/t34?,35-,36+,38-/m0/s1. The van der Waals surface area contributed by atoms with Crippen molar-refractivity contribution >= 4 is 17.6 Å². The Labute approximate surface area is 277 Å². The summed E-state index contributed by atoms with van der Waals surface area (Å²) in [6, 6.07) is 23.2. The molecule has 0 aromatic heterocycles. The van der Waals surface area contributed by atoms with Crippen LogP contribution in [0.1, 0.15) is 44.6 Å². The second-order valence-corrected chi connectivity index (χ2v) is 12.2. The Hall–Kier alpha value is -4.02. The molecule has 2 aliphatic rings. The molecule has 47 heavy (non-hydrogen) atoms. The molecule has 3 aromatic rings. The highest BCUT2D eigenvalue weighted by Crippen LogP contribution is 2.37. The van der Waals surface area contributed by atoms with Crippen molar-refractivity contribution in [1.29, 1.82) is 0 Å². The minimum absolute atomic E-state index is 0.0275. The molecular formula is C38H46N2O7. The third kappa shape index (κ3) is 9.98. The highest BCUT2D eigenvalue weighted by molar-refractivity contribution is 5.88. The molecule has 4 atom stereocenters. The molecule has 0 bridgehead atoms. The topological polar surface area (TPSA) is 107 Å². The molecule has 1 unspecified atom stereocenters. The van der Waals surface area contributed by atoms with E-state index in [1.165, 1.54) is 6.92 Å². The number of morpholine rings is 1. The zero-order chi connectivity index (χ0) is 33.0. The Bertz CT molecular complexity index is 1470. The average molecular weight is 643 g/mol. The van der Waals surface area contributed by atoms with Crippen LogP contribution in [0.25, 0.3) is 11.1 Å². The number of esters is 1. The number of hydrogen-bond acceptors (Lipinski definition) is 8. The van der Waals surface area contributed by atoms with E-state index in [1.807, 2.05) is 24.3 Å². The first-order valence-electron chi connectivity index (χ1n) is 16.5. The van der Waals surface area contributed by atoms with Gasteiger partial charge in [0, 0.05) is 50.5 Å². The molecule has 2 N–H and O–H groups in total. The number of rotatable bonds is 14. The minimum Gasteiger partial charge on any atom is -0.497 e. The molecule has 1 saturated carbocycles. The lowest BCUT2D eigenvalue weighted by molar-refractivity contribution is -0.134. The molecule has 0 spiro atoms. The van der Waals surface area contributed by atoms with Crippen LogP contribution in [-0.4, -0.2) is 73.5 Å². The van der Waals surface area contributed by atoms with E-state index in [9.17, 15) is 14.7 Å². The number of hydrogen-bond donors (Lipinski definition) is 2. The van der Waals surface area contributed by atoms with Crippen molar-refractivity contribution in [3.63, 3.8) is 0 Å². The van der Waals surface area contributed by atoms with Gasteiger partial charge in [-0.15, -0.1) is 0 Å². The van der Waals surface area contributed by atoms with Gasteiger partial charge >= 0.3 is 5.97 Å². The van der Waals surface area contributed by atoms with Gasteiger partial charge in [-0.25, -0.2) is 0 Å². The number of carbonyl (C=O) groups excluding carboxylic acids is 2. The summed E-state index contributed by atoms with van der Waals surface area (Å²) in [7, 11) is 1.67. The van der Waals surface area contributed by atoms with Gasteiger partial charge in [-0.05, 0) is 72.4 Å². The van der Waals surface area contributed by atoms with E-state index in [1.54, 1.807) is 31.4 Å². The van der Waals surface area contributed by atoms with Gasteiger partial charge in [-0.2, -0.15) is 0 Å². The van der Waals surface area contributed by atoms with Crippen LogP contribution in [0.2, 0.25) is 0 Å². The molecule has 9 nitrogen and oxygen atoms in total. The van der Waals surface area contributed by atoms with Crippen molar-refractivity contribution in [3.05, 3.63) is 90.5 Å². The van der Waals surface area contributed by atoms with E-state index >= 15 is 0 Å². The van der Waals surface area contributed by atoms with Crippen molar-refractivity contribution in [1.82, 2.24) is 4.90 Å². The summed E-state index contributed by atoms with van der Waals surface area (Å²) in [6.45, 7) is 4.90. The number of methoxy groups -OCH3 is 1. The van der Waals surface area contributed by atoms with Gasteiger partial charge in [-0.1, -0.05) is 48.6 Å². The average Bonchev–Trinajstić information content (AvgIpc) is 3.40. The van der Waals surface area contributed by atoms with Crippen molar-refractivity contribution < 1.29 is 33.6 Å². The number of aliphatic hydroxyl groups is 1. The molecule has 0 radical (unpaired) electrons. The summed E-state index contributed by atoms with van der Waals surface area (Å²) in [5.74, 6) is 0.988. The summed E-state index contributed by atoms with van der Waals surface area (Å²) in [5, 5.41) is 13.9. The second kappa shape index (κ2) is 17.2. The zero-order valence-corrected chi connectivity index (χ0v) is 27.3. The SMILES string of the molecule is COc1cccc(-c2ccc(CO[C@@H]3C[C@H](O)[C@@H](N4CCOCC4)C3CC/C=C\CCC(=O)Oc3ccc(NC(C)=O)cc3)cc2)c1. The number of benzene rings is 3. The monoisotopic (exact) mass is 642 g/mol. The quantitative estimate of drug-likeness (QED) is 0.125. The predicted molar refractivity (Wildman–Crippen MR) is 181 cm³/mol. The van der Waals surface area contributed by atoms with Crippen molar-refractivity contribution in [2.45, 2.75) is 63.9 Å². The summed E-state index contributed by atoms with van der Waals surface area (Å²) < 4.78 is 22.9. The fourth-order valence-corrected chi connectivity index (χ4v) is 6.51. The van der Waals surface area contributed by atoms with Gasteiger partial charge in [0.1, 0.15) is 11.5 Å².